The molecule has 0 aromatic carbocycles. The molecule has 6 nitrogen and oxygen atoms in total. The number of thiazole rings is 6. The molecule has 0 saturated carbocycles. The van der Waals surface area contributed by atoms with E-state index in [4.69, 9.17) is 0 Å². The number of hydrogen-bond donors (Lipinski definition) is 0. The Kier molecular flexibility index (Phi) is 23.7. The minimum absolute atomic E-state index is 0. The predicted molar refractivity (Wildman–Crippen MR) is 268 cm³/mol. The Morgan fingerprint density at radius 1 is 0.500 bits per heavy atom. The zero-order valence-electron chi connectivity index (χ0n) is 37.8. The number of nitrogens with zero attached hydrogens (tertiary/aromatic N) is 6. The van der Waals surface area contributed by atoms with Gasteiger partial charge in [-0.15, -0.1) is 22.0 Å². The first-order valence-electron chi connectivity index (χ1n) is 17.7. The van der Waals surface area contributed by atoms with E-state index in [1.54, 1.807) is 72.0 Å². The standard InChI is InChI=1S/C6H11NSSi.2C6H10NSSi.C3H2NS.2C3HNS.9CH3.3Sn/c2*1-9(2,3)6-4-7-5-8-6;1-9(2,3)6-7-4-5-8-6;3*1-2-5-3-4-1;;;;;;;;;;;;/h4-5H,1-3H3;2*4H,1-3H3;1,3H;2*1H;9*1H3;;;/q;2*-1;;2*-1;;;;;;;;;;;;/p+2. The molecule has 6 aromatic rings. The van der Waals surface area contributed by atoms with Crippen LogP contribution in [0.4, 0.5) is 0 Å². The van der Waals surface area contributed by atoms with E-state index in [0.29, 0.717) is 0 Å². The summed E-state index contributed by atoms with van der Waals surface area (Å²) in [5, 5.41) is 6.02. The third-order valence-corrected chi connectivity index (χ3v) is 49.3. The van der Waals surface area contributed by atoms with E-state index in [0.717, 1.165) is 0 Å². The Bertz CT molecular complexity index is 1410. The van der Waals surface area contributed by atoms with Gasteiger partial charge in [-0.2, -0.15) is 5.38 Å². The number of rotatable bonds is 6. The van der Waals surface area contributed by atoms with E-state index in [1.807, 2.05) is 47.1 Å². The third kappa shape index (κ3) is 22.8. The molecular weight excluding hydrogens is 1150 g/mol. The van der Waals surface area contributed by atoms with Crippen molar-refractivity contribution >= 4 is 170 Å². The molecule has 0 amide bonds. The van der Waals surface area contributed by atoms with E-state index < -0.39 is 79.4 Å². The van der Waals surface area contributed by atoms with Crippen LogP contribution >= 0.6 is 68.0 Å². The fourth-order valence-electron chi connectivity index (χ4n) is 3.32. The van der Waals surface area contributed by atoms with Crippen LogP contribution in [0.2, 0.25) is 103 Å². The molecule has 0 aliphatic carbocycles. The average Bonchev–Trinajstić information content (AvgIpc) is 3.89. The summed E-state index contributed by atoms with van der Waals surface area (Å²) in [6, 6.07) is 0. The van der Waals surface area contributed by atoms with Crippen LogP contribution in [0.5, 0.6) is 0 Å². The summed E-state index contributed by atoms with van der Waals surface area (Å²) < 4.78 is 8.64. The van der Waals surface area contributed by atoms with Crippen molar-refractivity contribution in [1.29, 1.82) is 0 Å². The molecule has 0 unspecified atom stereocenters. The maximum Gasteiger partial charge on any atom is 1.00 e. The monoisotopic (exact) mass is 1220 g/mol. The number of hydrogen-bond acceptors (Lipinski definition) is 12. The summed E-state index contributed by atoms with van der Waals surface area (Å²) in [5.74, 6) is 0. The summed E-state index contributed by atoms with van der Waals surface area (Å²) in [6.45, 7) is 20.8. The molecule has 0 aliphatic heterocycles. The van der Waals surface area contributed by atoms with Crippen LogP contribution < -0.4 is 22.4 Å². The Morgan fingerprint density at radius 2 is 1.02 bits per heavy atom. The van der Waals surface area contributed by atoms with Gasteiger partial charge in [0.15, 0.2) is 0 Å². The molecule has 0 N–H and O–H groups in total. The summed E-state index contributed by atoms with van der Waals surface area (Å²) in [7, 11) is -3.19. The molecule has 0 fully saturated rings. The second kappa shape index (κ2) is 24.2. The van der Waals surface area contributed by atoms with E-state index in [1.165, 1.54) is 19.5 Å². The number of aromatic nitrogens is 6. The molecule has 0 atom stereocenters. The van der Waals surface area contributed by atoms with Crippen LogP contribution in [0.25, 0.3) is 0 Å². The van der Waals surface area contributed by atoms with E-state index in [9.17, 15) is 0 Å². The van der Waals surface area contributed by atoms with Gasteiger partial charge in [0.2, 0.25) is 0 Å². The maximum absolute atomic E-state index is 4.24. The Hall–Kier alpha value is 0.827. The zero-order valence-corrected chi connectivity index (χ0v) is 52.2. The molecule has 6 aromatic heterocycles. The first-order valence-corrected chi connectivity index (χ1v) is 63.2. The van der Waals surface area contributed by atoms with Gasteiger partial charge in [-0.25, -0.2) is 0 Å². The van der Waals surface area contributed by atoms with Crippen molar-refractivity contribution in [1.82, 2.24) is 29.9 Å². The van der Waals surface area contributed by atoms with Crippen LogP contribution in [0.3, 0.4) is 0 Å². The Labute approximate surface area is 370 Å². The third-order valence-electron chi connectivity index (χ3n) is 6.67. The average molecular weight is 1210 g/mol. The molecular formula is C36H64N6S6Si3Sn3-2. The quantitative estimate of drug-likeness (QED) is 0.122. The predicted octanol–water partition coefficient (Wildman–Crippen LogP) is 9.56. The van der Waals surface area contributed by atoms with Crippen molar-refractivity contribution < 1.29 is 2.85 Å². The van der Waals surface area contributed by atoms with Gasteiger partial charge in [0.1, 0.15) is 0 Å². The summed E-state index contributed by atoms with van der Waals surface area (Å²) in [6.07, 6.45) is 11.5. The van der Waals surface area contributed by atoms with E-state index in [-0.39, 0.29) is 2.85 Å². The van der Waals surface area contributed by atoms with Gasteiger partial charge in [-0.1, -0.05) is 69.8 Å². The SMILES string of the molecule is C[Si](C)(C)c1cn[c-]s1.C[Si](C)(C)c1cncs1.C[Si](C)(C)c1nc[c-]s1.[CH3][Sn]([CH3])([CH3])[c]1cn[c-]s1.[CH3][Sn]([CH3])([CH3])[c]1cncs1.[CH3][Sn]([CH3])([CH3])[c]1nc[c-]s1.[H+].[H+]. The smallest absolute Gasteiger partial charge is 1.00 e. The van der Waals surface area contributed by atoms with Crippen LogP contribution in [0.15, 0.2) is 48.2 Å². The first-order chi connectivity index (χ1) is 24.6. The second-order valence-corrected chi connectivity index (χ2v) is 85.7. The minimum atomic E-state index is -1.77. The second-order valence-electron chi connectivity index (χ2n) is 18.4. The van der Waals surface area contributed by atoms with Gasteiger partial charge >= 0.3 is 195 Å². The van der Waals surface area contributed by atoms with E-state index in [2.05, 4.69) is 155 Å². The van der Waals surface area contributed by atoms with Crippen molar-refractivity contribution in [2.45, 2.75) is 103 Å². The van der Waals surface area contributed by atoms with E-state index >= 15 is 0 Å². The molecule has 54 heavy (non-hydrogen) atoms. The van der Waals surface area contributed by atoms with Gasteiger partial charge in [-0.05, 0) is 5.51 Å². The molecule has 6 heterocycles. The summed E-state index contributed by atoms with van der Waals surface area (Å²) in [4.78, 5) is 45.9. The first kappa shape index (κ1) is 52.8. The summed E-state index contributed by atoms with van der Waals surface area (Å²) in [5.41, 5.74) is 9.58. The zero-order chi connectivity index (χ0) is 41.4. The minimum Gasteiger partial charge on any atom is 1.00 e. The molecule has 0 radical (unpaired) electrons. The van der Waals surface area contributed by atoms with Crippen molar-refractivity contribution in [2.24, 2.45) is 0 Å². The topological polar surface area (TPSA) is 77.3 Å². The van der Waals surface area contributed by atoms with Crippen LogP contribution in [-0.4, -0.2) is 109 Å². The molecule has 0 bridgehead atoms. The molecule has 0 spiro atoms. The van der Waals surface area contributed by atoms with Crippen LogP contribution in [0, 0.1) is 21.8 Å². The maximum atomic E-state index is 4.24. The van der Waals surface area contributed by atoms with Crippen molar-refractivity contribution in [3.63, 3.8) is 0 Å². The molecule has 6 rings (SSSR count). The van der Waals surface area contributed by atoms with Gasteiger partial charge in [-0.3, -0.25) is 16.3 Å². The molecule has 300 valence electrons. The van der Waals surface area contributed by atoms with Crippen molar-refractivity contribution in [2.75, 3.05) is 0 Å². The van der Waals surface area contributed by atoms with Gasteiger partial charge < -0.3 is 21.3 Å². The molecule has 0 aliphatic rings. The van der Waals surface area contributed by atoms with Crippen molar-refractivity contribution in [3.8, 4) is 0 Å². The fourth-order valence-corrected chi connectivity index (χ4v) is 25.5. The largest absolute Gasteiger partial charge is 1.00 e. The Balaban J connectivity index is 0. The van der Waals surface area contributed by atoms with Crippen LogP contribution in [-0.2, 0) is 0 Å². The van der Waals surface area contributed by atoms with Crippen LogP contribution in [0.1, 0.15) is 2.85 Å². The molecule has 18 heteroatoms. The molecule has 0 saturated heterocycles. The van der Waals surface area contributed by atoms with Gasteiger partial charge in [0.05, 0.1) is 13.6 Å². The fraction of sp³-hybridized carbons (Fsp3) is 0.500. The summed E-state index contributed by atoms with van der Waals surface area (Å²) >= 11 is 5.09. The van der Waals surface area contributed by atoms with Crippen molar-refractivity contribution in [3.05, 3.63) is 70.0 Å². The van der Waals surface area contributed by atoms with Gasteiger partial charge in [0.25, 0.3) is 0 Å². The van der Waals surface area contributed by atoms with Gasteiger partial charge in [0, 0.05) is 26.8 Å². The normalized spacial score (nSPS) is 11.9. The Morgan fingerprint density at radius 3 is 1.24 bits per heavy atom.